The summed E-state index contributed by atoms with van der Waals surface area (Å²) in [4.78, 5) is 15.7. The van der Waals surface area contributed by atoms with Gasteiger partial charge in [0.2, 0.25) is 5.69 Å². The van der Waals surface area contributed by atoms with E-state index in [1.54, 1.807) is 0 Å². The van der Waals surface area contributed by atoms with Gasteiger partial charge in [0.05, 0.1) is 0 Å². The van der Waals surface area contributed by atoms with Gasteiger partial charge in [0, 0.05) is 19.5 Å². The zero-order valence-electron chi connectivity index (χ0n) is 19.6. The predicted octanol–water partition coefficient (Wildman–Crippen LogP) is 9.05. The molecule has 0 aromatic rings. The number of hydrogen-bond acceptors (Lipinski definition) is 1. The van der Waals surface area contributed by atoms with E-state index in [9.17, 15) is 0 Å². The van der Waals surface area contributed by atoms with E-state index in [4.69, 9.17) is 9.79 Å². The van der Waals surface area contributed by atoms with Gasteiger partial charge in [-0.2, -0.15) is 12.8 Å². The Labute approximate surface area is 208 Å². The molecule has 0 heterocycles. The minimum absolute atomic E-state index is 0. The minimum Gasteiger partial charge on any atom is -0.343 e. The van der Waals surface area contributed by atoms with Crippen LogP contribution in [0.4, 0.5) is 0 Å². The van der Waals surface area contributed by atoms with Crippen LogP contribution in [0.15, 0.2) is 12.7 Å². The van der Waals surface area contributed by atoms with E-state index in [1.165, 1.54) is 96.0 Å². The minimum atomic E-state index is -3.11. The summed E-state index contributed by atoms with van der Waals surface area (Å²) in [5, 5.41) is 0. The molecule has 0 saturated carbocycles. The third-order valence-electron chi connectivity index (χ3n) is 3.71. The molecule has 0 radical (unpaired) electrons. The fourth-order valence-corrected chi connectivity index (χ4v) is 2.27. The summed E-state index contributed by atoms with van der Waals surface area (Å²) in [5.41, 5.74) is -3.11. The van der Waals surface area contributed by atoms with E-state index in [0.29, 0.717) is 0 Å². The van der Waals surface area contributed by atoms with Crippen LogP contribution in [0.25, 0.3) is 0 Å². The van der Waals surface area contributed by atoms with Crippen molar-refractivity contribution in [1.29, 1.82) is 0 Å². The molecule has 0 aromatic carbocycles. The second-order valence-electron chi connectivity index (χ2n) is 6.75. The molecule has 0 aliphatic rings. The maximum absolute atomic E-state index is 7.87. The largest absolute Gasteiger partial charge is 0.343 e. The summed E-state index contributed by atoms with van der Waals surface area (Å²) < 4.78 is 0. The van der Waals surface area contributed by atoms with Crippen LogP contribution in [0.2, 0.25) is 0 Å². The number of thiol groups is 1. The normalized spacial score (nSPS) is 9.48. The van der Waals surface area contributed by atoms with Crippen molar-refractivity contribution in [3.05, 3.63) is 33.4 Å². The molecule has 0 saturated heterocycles. The summed E-state index contributed by atoms with van der Waals surface area (Å²) in [6.45, 7) is 18.7. The molecule has 0 aliphatic heterocycles. The predicted molar refractivity (Wildman–Crippen MR) is 139 cm³/mol. The standard InChI is InChI=1S/2C10H21.C3H5.H3O2PS2.Zn/c2*1-3-5-7-9-10-8-6-4-2;1-3-2;1-3(2,4)5;/h2*1,3-10H2,2H3;3H,1-2H2;(H3,1,2,4,5);/q3*-1;;. The molecule has 0 bridgehead atoms. The Morgan fingerprint density at radius 3 is 1.10 bits per heavy atom. The number of hydrogen-bond donors (Lipinski definition) is 3. The van der Waals surface area contributed by atoms with Crippen molar-refractivity contribution in [2.45, 2.75) is 117 Å². The Balaban J connectivity index is -0.0000000953. The van der Waals surface area contributed by atoms with E-state index in [0.717, 1.165) is 12.8 Å². The third-order valence-corrected chi connectivity index (χ3v) is 3.71. The van der Waals surface area contributed by atoms with Crippen LogP contribution in [0.5, 0.6) is 0 Å². The summed E-state index contributed by atoms with van der Waals surface area (Å²) in [5.74, 6) is 0. The van der Waals surface area contributed by atoms with Crippen LogP contribution in [0.3, 0.4) is 0 Å². The van der Waals surface area contributed by atoms with Gasteiger partial charge in [0.1, 0.15) is 0 Å². The maximum Gasteiger partial charge on any atom is 0.239 e. The first-order valence-electron chi connectivity index (χ1n) is 11.0. The van der Waals surface area contributed by atoms with Gasteiger partial charge in [0.25, 0.3) is 0 Å². The first-order chi connectivity index (χ1) is 13.2. The van der Waals surface area contributed by atoms with Gasteiger partial charge < -0.3 is 23.6 Å². The second kappa shape index (κ2) is 39.6. The van der Waals surface area contributed by atoms with E-state index in [1.807, 2.05) is 0 Å². The van der Waals surface area contributed by atoms with E-state index in [2.05, 4.69) is 65.3 Å². The molecule has 0 spiro atoms. The molecule has 2 N–H and O–H groups in total. The van der Waals surface area contributed by atoms with Crippen LogP contribution in [0, 0.1) is 20.8 Å². The van der Waals surface area contributed by atoms with Gasteiger partial charge in [-0.1, -0.05) is 116 Å². The fraction of sp³-hybridized carbons (Fsp3) is 0.783. The number of allylic oxidation sites excluding steroid dienone is 1. The van der Waals surface area contributed by atoms with Crippen molar-refractivity contribution in [1.82, 2.24) is 0 Å². The van der Waals surface area contributed by atoms with Crippen molar-refractivity contribution in [2.75, 3.05) is 0 Å². The van der Waals surface area contributed by atoms with Gasteiger partial charge in [-0.3, -0.25) is 0 Å². The maximum atomic E-state index is 7.87. The Morgan fingerprint density at radius 2 is 0.931 bits per heavy atom. The van der Waals surface area contributed by atoms with Crippen molar-refractivity contribution < 1.29 is 29.3 Å². The van der Waals surface area contributed by atoms with Crippen LogP contribution in [-0.2, 0) is 31.3 Å². The molecule has 0 aromatic heterocycles. The van der Waals surface area contributed by atoms with Crippen LogP contribution in [-0.4, -0.2) is 9.79 Å². The van der Waals surface area contributed by atoms with Gasteiger partial charge >= 0.3 is 0 Å². The SMILES string of the molecule is C=C[CH2-].OP(O)(=S)S.[CH2-]CCCCCCCCC.[CH2-]CCCCCCCCC.[Zn]. The smallest absolute Gasteiger partial charge is 0.239 e. The molecule has 0 unspecified atom stereocenters. The van der Waals surface area contributed by atoms with Crippen LogP contribution < -0.4 is 0 Å². The first-order valence-corrected chi connectivity index (χ1v) is 14.9. The molecule has 0 atom stereocenters. The molecule has 6 heteroatoms. The van der Waals surface area contributed by atoms with Crippen molar-refractivity contribution >= 4 is 29.7 Å². The zero-order chi connectivity index (χ0) is 22.5. The molecule has 29 heavy (non-hydrogen) atoms. The van der Waals surface area contributed by atoms with Crippen molar-refractivity contribution in [3.8, 4) is 0 Å². The van der Waals surface area contributed by atoms with Gasteiger partial charge in [-0.25, -0.2) is 19.6 Å². The summed E-state index contributed by atoms with van der Waals surface area (Å²) >= 11 is 7.07. The van der Waals surface area contributed by atoms with Crippen LogP contribution in [0.1, 0.15) is 117 Å². The fourth-order valence-electron chi connectivity index (χ4n) is 2.27. The topological polar surface area (TPSA) is 40.5 Å². The number of rotatable bonds is 14. The van der Waals surface area contributed by atoms with Gasteiger partial charge in [0.15, 0.2) is 0 Å². The first kappa shape index (κ1) is 40.5. The Hall–Kier alpha value is 1.15. The Bertz CT molecular complexity index is 260. The zero-order valence-corrected chi connectivity index (χ0v) is 25.2. The van der Waals surface area contributed by atoms with Crippen molar-refractivity contribution in [2.24, 2.45) is 0 Å². The Kier molecular flexibility index (Phi) is 55.3. The Morgan fingerprint density at radius 1 is 0.759 bits per heavy atom. The van der Waals surface area contributed by atoms with Crippen LogP contribution >= 0.6 is 17.9 Å². The quantitative estimate of drug-likeness (QED) is 0.0706. The third kappa shape index (κ3) is 93.6. The molecular weight excluding hydrogens is 469 g/mol. The van der Waals surface area contributed by atoms with E-state index >= 15 is 0 Å². The molecule has 176 valence electrons. The van der Waals surface area contributed by atoms with E-state index < -0.39 is 5.69 Å². The number of unbranched alkanes of at least 4 members (excludes halogenated alkanes) is 14. The summed E-state index contributed by atoms with van der Waals surface area (Å²) in [6.07, 6.45) is 23.3. The average molecular weight is 519 g/mol. The molecule has 0 rings (SSSR count). The van der Waals surface area contributed by atoms with E-state index in [-0.39, 0.29) is 19.5 Å². The molecule has 2 nitrogen and oxygen atoms in total. The summed E-state index contributed by atoms with van der Waals surface area (Å²) in [6, 6.07) is 0. The monoisotopic (exact) mass is 517 g/mol. The molecule has 0 fully saturated rings. The second-order valence-corrected chi connectivity index (χ2v) is 11.8. The van der Waals surface area contributed by atoms with Crippen molar-refractivity contribution in [3.63, 3.8) is 0 Å². The average Bonchev–Trinajstić information content (AvgIpc) is 2.61. The molecule has 0 amide bonds. The molecule has 0 aliphatic carbocycles. The van der Waals surface area contributed by atoms with Gasteiger partial charge in [-0.05, 0) is 11.8 Å². The molecular formula is C23H50O2PS2Zn-3. The summed E-state index contributed by atoms with van der Waals surface area (Å²) in [7, 11) is 0. The van der Waals surface area contributed by atoms with Gasteiger partial charge in [-0.15, -0.1) is 0 Å².